The van der Waals surface area contributed by atoms with Crippen LogP contribution in [0.3, 0.4) is 0 Å². The van der Waals surface area contributed by atoms with Gasteiger partial charge in [0, 0.05) is 32.2 Å². The highest BCUT2D eigenvalue weighted by atomic mass is 19.3. The number of piperazine rings is 1. The van der Waals surface area contributed by atoms with E-state index in [0.29, 0.717) is 19.6 Å². The van der Waals surface area contributed by atoms with E-state index < -0.39 is 17.7 Å². The SMILES string of the molecule is O=c1cc(C(F)F)nc(N2CCN(Cc3nc4ccccc4[nH]3)CC2)[nH]1. The van der Waals surface area contributed by atoms with E-state index in [1.165, 1.54) is 0 Å². The Labute approximate surface area is 147 Å². The molecule has 7 nitrogen and oxygen atoms in total. The van der Waals surface area contributed by atoms with E-state index in [0.717, 1.165) is 36.0 Å². The van der Waals surface area contributed by atoms with Crippen molar-refractivity contribution < 1.29 is 8.78 Å². The van der Waals surface area contributed by atoms with E-state index in [1.54, 1.807) is 0 Å². The van der Waals surface area contributed by atoms with Crippen LogP contribution in [0.5, 0.6) is 0 Å². The van der Waals surface area contributed by atoms with E-state index >= 15 is 0 Å². The van der Waals surface area contributed by atoms with Gasteiger partial charge in [0.25, 0.3) is 12.0 Å². The molecular formula is C17H18F2N6O. The molecule has 0 unspecified atom stereocenters. The first kappa shape index (κ1) is 16.6. The van der Waals surface area contributed by atoms with Gasteiger partial charge in [0.1, 0.15) is 11.5 Å². The Morgan fingerprint density at radius 2 is 1.85 bits per heavy atom. The fourth-order valence-electron chi connectivity index (χ4n) is 3.13. The maximum Gasteiger partial charge on any atom is 0.280 e. The summed E-state index contributed by atoms with van der Waals surface area (Å²) >= 11 is 0. The molecule has 26 heavy (non-hydrogen) atoms. The van der Waals surface area contributed by atoms with Crippen molar-refractivity contribution in [1.82, 2.24) is 24.8 Å². The second-order valence-electron chi connectivity index (χ2n) is 6.26. The van der Waals surface area contributed by atoms with E-state index in [4.69, 9.17) is 0 Å². The van der Waals surface area contributed by atoms with Crippen molar-refractivity contribution in [3.63, 3.8) is 0 Å². The summed E-state index contributed by atoms with van der Waals surface area (Å²) in [6.07, 6.45) is -2.76. The Morgan fingerprint density at radius 1 is 1.08 bits per heavy atom. The zero-order valence-electron chi connectivity index (χ0n) is 14.0. The Bertz CT molecular complexity index is 928. The summed E-state index contributed by atoms with van der Waals surface area (Å²) in [6.45, 7) is 3.31. The quantitative estimate of drug-likeness (QED) is 0.743. The van der Waals surface area contributed by atoms with E-state index in [1.807, 2.05) is 29.2 Å². The Kier molecular flexibility index (Phi) is 4.37. The summed E-state index contributed by atoms with van der Waals surface area (Å²) in [5, 5.41) is 0. The Balaban J connectivity index is 1.42. The number of imidazole rings is 1. The van der Waals surface area contributed by atoms with Gasteiger partial charge in [-0.1, -0.05) is 12.1 Å². The van der Waals surface area contributed by atoms with Crippen LogP contribution in [0.25, 0.3) is 11.0 Å². The topological polar surface area (TPSA) is 80.9 Å². The van der Waals surface area contributed by atoms with E-state index in [-0.39, 0.29) is 5.95 Å². The number of nitrogens with one attached hydrogen (secondary N) is 2. The molecule has 0 amide bonds. The highest BCUT2D eigenvalue weighted by molar-refractivity contribution is 5.74. The average Bonchev–Trinajstić information content (AvgIpc) is 3.04. The molecule has 0 spiro atoms. The van der Waals surface area contributed by atoms with Crippen molar-refractivity contribution in [1.29, 1.82) is 0 Å². The number of hydrogen-bond donors (Lipinski definition) is 2. The minimum Gasteiger partial charge on any atom is -0.341 e. The number of H-pyrrole nitrogens is 2. The van der Waals surface area contributed by atoms with Crippen molar-refractivity contribution in [3.8, 4) is 0 Å². The summed E-state index contributed by atoms with van der Waals surface area (Å²) in [7, 11) is 0. The van der Waals surface area contributed by atoms with Crippen LogP contribution in [0.1, 0.15) is 17.9 Å². The lowest BCUT2D eigenvalue weighted by Crippen LogP contribution is -2.47. The third-order valence-corrected chi connectivity index (χ3v) is 4.46. The van der Waals surface area contributed by atoms with Gasteiger partial charge in [-0.25, -0.2) is 18.7 Å². The van der Waals surface area contributed by atoms with Crippen molar-refractivity contribution >= 4 is 17.0 Å². The Morgan fingerprint density at radius 3 is 2.58 bits per heavy atom. The van der Waals surface area contributed by atoms with Crippen LogP contribution in [-0.2, 0) is 6.54 Å². The van der Waals surface area contributed by atoms with Gasteiger partial charge in [-0.3, -0.25) is 14.7 Å². The minimum atomic E-state index is -2.76. The van der Waals surface area contributed by atoms with Crippen LogP contribution in [0.2, 0.25) is 0 Å². The molecule has 0 bridgehead atoms. The van der Waals surface area contributed by atoms with E-state index in [9.17, 15) is 13.6 Å². The molecule has 0 saturated carbocycles. The van der Waals surface area contributed by atoms with Crippen molar-refractivity contribution in [3.05, 3.63) is 52.2 Å². The third kappa shape index (κ3) is 3.43. The molecule has 2 N–H and O–H groups in total. The number of aromatic nitrogens is 4. The van der Waals surface area contributed by atoms with Crippen LogP contribution in [0, 0.1) is 0 Å². The molecule has 1 aliphatic rings. The summed E-state index contributed by atoms with van der Waals surface area (Å²) in [5.41, 5.74) is 0.891. The van der Waals surface area contributed by atoms with Gasteiger partial charge < -0.3 is 9.88 Å². The van der Waals surface area contributed by atoms with Crippen molar-refractivity contribution in [2.75, 3.05) is 31.1 Å². The van der Waals surface area contributed by atoms with Crippen LogP contribution in [0.15, 0.2) is 35.1 Å². The largest absolute Gasteiger partial charge is 0.341 e. The Hall–Kier alpha value is -2.81. The summed E-state index contributed by atoms with van der Waals surface area (Å²) in [5.74, 6) is 1.10. The minimum absolute atomic E-state index is 0.205. The third-order valence-electron chi connectivity index (χ3n) is 4.46. The highest BCUT2D eigenvalue weighted by Gasteiger charge is 2.21. The van der Waals surface area contributed by atoms with Crippen molar-refractivity contribution in [2.24, 2.45) is 0 Å². The molecule has 136 valence electrons. The maximum atomic E-state index is 12.8. The van der Waals surface area contributed by atoms with Crippen LogP contribution < -0.4 is 10.5 Å². The summed E-state index contributed by atoms with van der Waals surface area (Å²) in [6, 6.07) is 8.70. The van der Waals surface area contributed by atoms with Crippen LogP contribution >= 0.6 is 0 Å². The second kappa shape index (κ2) is 6.83. The summed E-state index contributed by atoms with van der Waals surface area (Å²) in [4.78, 5) is 29.9. The lowest BCUT2D eigenvalue weighted by atomic mass is 10.3. The highest BCUT2D eigenvalue weighted by Crippen LogP contribution is 2.18. The zero-order valence-corrected chi connectivity index (χ0v) is 14.0. The van der Waals surface area contributed by atoms with Gasteiger partial charge in [0.15, 0.2) is 0 Å². The smallest absolute Gasteiger partial charge is 0.280 e. The molecule has 4 rings (SSSR count). The first-order valence-electron chi connectivity index (χ1n) is 8.39. The summed E-state index contributed by atoms with van der Waals surface area (Å²) < 4.78 is 25.7. The number of nitrogens with zero attached hydrogens (tertiary/aromatic N) is 4. The molecule has 0 atom stereocenters. The number of para-hydroxylation sites is 2. The zero-order chi connectivity index (χ0) is 18.1. The predicted octanol–water partition coefficient (Wildman–Crippen LogP) is 1.91. The van der Waals surface area contributed by atoms with Gasteiger partial charge in [0.2, 0.25) is 5.95 Å². The molecule has 3 aromatic rings. The predicted molar refractivity (Wildman–Crippen MR) is 93.4 cm³/mol. The van der Waals surface area contributed by atoms with E-state index in [2.05, 4.69) is 24.8 Å². The van der Waals surface area contributed by atoms with Gasteiger partial charge in [-0.2, -0.15) is 0 Å². The lowest BCUT2D eigenvalue weighted by Gasteiger charge is -2.34. The fourth-order valence-corrected chi connectivity index (χ4v) is 3.13. The molecule has 1 saturated heterocycles. The number of rotatable bonds is 4. The lowest BCUT2D eigenvalue weighted by molar-refractivity contribution is 0.145. The molecular weight excluding hydrogens is 342 g/mol. The number of aromatic amines is 2. The molecule has 1 aromatic carbocycles. The molecule has 0 radical (unpaired) electrons. The molecule has 0 aliphatic carbocycles. The van der Waals surface area contributed by atoms with Gasteiger partial charge in [0.05, 0.1) is 17.6 Å². The van der Waals surface area contributed by atoms with Crippen molar-refractivity contribution in [2.45, 2.75) is 13.0 Å². The number of anilines is 1. The maximum absolute atomic E-state index is 12.8. The first-order valence-corrected chi connectivity index (χ1v) is 8.39. The molecule has 1 fully saturated rings. The second-order valence-corrected chi connectivity index (χ2v) is 6.26. The fraction of sp³-hybridized carbons (Fsp3) is 0.353. The average molecular weight is 360 g/mol. The standard InChI is InChI=1S/C17H18F2N6O/c18-16(19)13-9-15(26)23-17(22-13)25-7-5-24(6-8-25)10-14-20-11-3-1-2-4-12(11)21-14/h1-4,9,16H,5-8,10H2,(H,20,21)(H,22,23,26). The van der Waals surface area contributed by atoms with Gasteiger partial charge >= 0.3 is 0 Å². The van der Waals surface area contributed by atoms with Crippen LogP contribution in [0.4, 0.5) is 14.7 Å². The number of fused-ring (bicyclic) bond motifs is 1. The normalized spacial score (nSPS) is 15.9. The number of hydrogen-bond acceptors (Lipinski definition) is 5. The number of benzene rings is 1. The number of halogens is 2. The first-order chi connectivity index (χ1) is 12.6. The van der Waals surface area contributed by atoms with Gasteiger partial charge in [-0.05, 0) is 12.1 Å². The molecule has 1 aliphatic heterocycles. The monoisotopic (exact) mass is 360 g/mol. The van der Waals surface area contributed by atoms with Gasteiger partial charge in [-0.15, -0.1) is 0 Å². The number of alkyl halides is 2. The molecule has 9 heteroatoms. The molecule has 3 heterocycles. The van der Waals surface area contributed by atoms with Crippen LogP contribution in [-0.4, -0.2) is 51.0 Å². The molecule has 2 aromatic heterocycles.